The molecular formula is C44H42N8O2. The minimum atomic E-state index is -0.255. The van der Waals surface area contributed by atoms with E-state index in [9.17, 15) is 9.59 Å². The Labute approximate surface area is 316 Å². The van der Waals surface area contributed by atoms with E-state index in [0.29, 0.717) is 56.4 Å². The predicted octanol–water partition coefficient (Wildman–Crippen LogP) is 11.5. The molecule has 0 fully saturated rings. The SMILES string of the molecule is C=C1c2cc3c(cc2C(=O)N1c1ccc(N=Nc2ccc(N(CC)CC)cc2)cc1)C(=O)N(c1ccc(N=Nc2ccc(N(CC)CC)cc2)cc1)C3=C. The number of rotatable bonds is 12. The quantitative estimate of drug-likeness (QED) is 0.120. The predicted molar refractivity (Wildman–Crippen MR) is 219 cm³/mol. The van der Waals surface area contributed by atoms with Crippen LogP contribution in [0.2, 0.25) is 0 Å². The monoisotopic (exact) mass is 714 g/mol. The number of carbonyl (C=O) groups is 2. The van der Waals surface area contributed by atoms with E-state index in [4.69, 9.17) is 0 Å². The number of azo groups is 2. The molecule has 5 aromatic rings. The second-order valence-electron chi connectivity index (χ2n) is 12.9. The summed E-state index contributed by atoms with van der Waals surface area (Å²) in [5, 5.41) is 17.5. The van der Waals surface area contributed by atoms with Crippen molar-refractivity contribution in [2.75, 3.05) is 45.8 Å². The number of hydrogen-bond donors (Lipinski definition) is 0. The highest BCUT2D eigenvalue weighted by molar-refractivity contribution is 6.27. The van der Waals surface area contributed by atoms with E-state index in [2.05, 4.69) is 71.1 Å². The van der Waals surface area contributed by atoms with E-state index >= 15 is 0 Å². The van der Waals surface area contributed by atoms with Crippen molar-refractivity contribution in [2.24, 2.45) is 20.5 Å². The number of amides is 2. The third-order valence-electron chi connectivity index (χ3n) is 9.92. The van der Waals surface area contributed by atoms with Crippen LogP contribution in [-0.2, 0) is 0 Å². The van der Waals surface area contributed by atoms with Gasteiger partial charge in [-0.2, -0.15) is 20.5 Å². The normalized spacial score (nSPS) is 13.8. The van der Waals surface area contributed by atoms with E-state index in [0.717, 1.165) is 48.9 Å². The van der Waals surface area contributed by atoms with Crippen LogP contribution >= 0.6 is 0 Å². The topological polar surface area (TPSA) is 96.5 Å². The van der Waals surface area contributed by atoms with E-state index in [1.54, 1.807) is 15.9 Å². The maximum atomic E-state index is 13.8. The Hall–Kier alpha value is -6.68. The molecule has 270 valence electrons. The summed E-state index contributed by atoms with van der Waals surface area (Å²) in [5.74, 6) is -0.510. The molecule has 0 saturated carbocycles. The van der Waals surface area contributed by atoms with Crippen LogP contribution in [0.25, 0.3) is 11.4 Å². The molecular weight excluding hydrogens is 673 g/mol. The minimum absolute atomic E-state index is 0.255. The summed E-state index contributed by atoms with van der Waals surface area (Å²) < 4.78 is 0. The van der Waals surface area contributed by atoms with Gasteiger partial charge in [0.2, 0.25) is 0 Å². The van der Waals surface area contributed by atoms with Gasteiger partial charge in [-0.1, -0.05) is 13.2 Å². The maximum absolute atomic E-state index is 13.8. The molecule has 2 aliphatic heterocycles. The summed E-state index contributed by atoms with van der Waals surface area (Å²) in [6, 6.07) is 34.0. The van der Waals surface area contributed by atoms with Crippen LogP contribution in [0.5, 0.6) is 0 Å². The zero-order chi connectivity index (χ0) is 37.9. The van der Waals surface area contributed by atoms with Crippen molar-refractivity contribution in [1.29, 1.82) is 0 Å². The molecule has 54 heavy (non-hydrogen) atoms. The zero-order valence-electron chi connectivity index (χ0n) is 31.0. The Morgan fingerprint density at radius 2 is 0.722 bits per heavy atom. The van der Waals surface area contributed by atoms with Gasteiger partial charge in [0.05, 0.1) is 45.3 Å². The molecule has 0 saturated heterocycles. The highest BCUT2D eigenvalue weighted by Crippen LogP contribution is 2.43. The minimum Gasteiger partial charge on any atom is -0.372 e. The molecule has 0 radical (unpaired) electrons. The summed E-state index contributed by atoms with van der Waals surface area (Å²) in [4.78, 5) is 35.2. The molecule has 7 rings (SSSR count). The lowest BCUT2D eigenvalue weighted by Crippen LogP contribution is -2.23. The molecule has 0 spiro atoms. The molecule has 0 aromatic heterocycles. The molecule has 0 unspecified atom stereocenters. The van der Waals surface area contributed by atoms with Gasteiger partial charge in [0.1, 0.15) is 0 Å². The molecule has 2 aliphatic rings. The van der Waals surface area contributed by atoms with Gasteiger partial charge in [-0.25, -0.2) is 0 Å². The molecule has 0 aliphatic carbocycles. The summed E-state index contributed by atoms with van der Waals surface area (Å²) in [6.45, 7) is 20.8. The van der Waals surface area contributed by atoms with E-state index in [1.807, 2.05) is 103 Å². The van der Waals surface area contributed by atoms with Crippen LogP contribution in [0.15, 0.2) is 143 Å². The fourth-order valence-corrected chi connectivity index (χ4v) is 6.91. The zero-order valence-corrected chi connectivity index (χ0v) is 31.0. The summed E-state index contributed by atoms with van der Waals surface area (Å²) in [5.41, 5.74) is 9.59. The van der Waals surface area contributed by atoms with Crippen molar-refractivity contribution in [3.05, 3.63) is 145 Å². The second kappa shape index (κ2) is 15.1. The maximum Gasteiger partial charge on any atom is 0.263 e. The van der Waals surface area contributed by atoms with E-state index in [1.165, 1.54) is 0 Å². The summed E-state index contributed by atoms with van der Waals surface area (Å²) >= 11 is 0. The van der Waals surface area contributed by atoms with Crippen LogP contribution in [0.4, 0.5) is 45.5 Å². The standard InChI is InChI=1S/C44H42N8O2/c1-7-49(8-2)35-19-11-31(12-20-35)45-47-33-15-23-37(24-16-33)51-29(5)39-27-40-30(6)52(44(54)42(40)28-41(39)43(51)53)38-25-17-34(18-26-38)48-46-32-13-21-36(22-14-32)50(9-3)10-4/h11-28H,5-10H2,1-4H3. The second-order valence-corrected chi connectivity index (χ2v) is 12.9. The van der Waals surface area contributed by atoms with Gasteiger partial charge in [0.15, 0.2) is 0 Å². The van der Waals surface area contributed by atoms with Gasteiger partial charge in [-0.15, -0.1) is 0 Å². The molecule has 0 atom stereocenters. The van der Waals surface area contributed by atoms with Crippen LogP contribution in [0.1, 0.15) is 59.5 Å². The largest absolute Gasteiger partial charge is 0.372 e. The van der Waals surface area contributed by atoms with Crippen molar-refractivity contribution in [3.63, 3.8) is 0 Å². The number of carbonyl (C=O) groups excluding carboxylic acids is 2. The van der Waals surface area contributed by atoms with Crippen molar-refractivity contribution < 1.29 is 9.59 Å². The molecule has 0 N–H and O–H groups in total. The van der Waals surface area contributed by atoms with Crippen LogP contribution in [0, 0.1) is 0 Å². The molecule has 0 bridgehead atoms. The van der Waals surface area contributed by atoms with Crippen LogP contribution in [-0.4, -0.2) is 38.0 Å². The summed E-state index contributed by atoms with van der Waals surface area (Å²) in [7, 11) is 0. The highest BCUT2D eigenvalue weighted by atomic mass is 16.2. The van der Waals surface area contributed by atoms with Gasteiger partial charge in [0, 0.05) is 60.1 Å². The fourth-order valence-electron chi connectivity index (χ4n) is 6.91. The number of fused-ring (bicyclic) bond motifs is 2. The number of hydrogen-bond acceptors (Lipinski definition) is 8. The number of anilines is 4. The smallest absolute Gasteiger partial charge is 0.263 e. The van der Waals surface area contributed by atoms with Crippen molar-refractivity contribution in [3.8, 4) is 0 Å². The van der Waals surface area contributed by atoms with Crippen LogP contribution in [0.3, 0.4) is 0 Å². The van der Waals surface area contributed by atoms with Crippen molar-refractivity contribution in [2.45, 2.75) is 27.7 Å². The highest BCUT2D eigenvalue weighted by Gasteiger charge is 2.39. The first-order valence-corrected chi connectivity index (χ1v) is 18.2. The van der Waals surface area contributed by atoms with E-state index < -0.39 is 0 Å². The van der Waals surface area contributed by atoms with Crippen molar-refractivity contribution in [1.82, 2.24) is 0 Å². The molecule has 10 heteroatoms. The van der Waals surface area contributed by atoms with Gasteiger partial charge in [0.25, 0.3) is 11.8 Å². The van der Waals surface area contributed by atoms with Gasteiger partial charge in [-0.3, -0.25) is 19.4 Å². The Kier molecular flexibility index (Phi) is 10.00. The summed E-state index contributed by atoms with van der Waals surface area (Å²) in [6.07, 6.45) is 0. The molecule has 5 aromatic carbocycles. The Balaban J connectivity index is 1.03. The van der Waals surface area contributed by atoms with Crippen LogP contribution < -0.4 is 19.6 Å². The Bertz CT molecular complexity index is 2070. The third kappa shape index (κ3) is 6.69. The first-order chi connectivity index (χ1) is 26.2. The third-order valence-corrected chi connectivity index (χ3v) is 9.92. The lowest BCUT2D eigenvalue weighted by molar-refractivity contribution is 0.100. The lowest BCUT2D eigenvalue weighted by atomic mass is 9.99. The fraction of sp³-hybridized carbons (Fsp3) is 0.182. The number of nitrogens with zero attached hydrogens (tertiary/aromatic N) is 8. The first kappa shape index (κ1) is 35.7. The Morgan fingerprint density at radius 3 is 1.02 bits per heavy atom. The first-order valence-electron chi connectivity index (χ1n) is 18.2. The van der Waals surface area contributed by atoms with E-state index in [-0.39, 0.29) is 11.8 Å². The lowest BCUT2D eigenvalue weighted by Gasteiger charge is -2.20. The number of benzene rings is 5. The average Bonchev–Trinajstić information content (AvgIpc) is 3.60. The van der Waals surface area contributed by atoms with Gasteiger partial charge in [-0.05, 0) is 137 Å². The van der Waals surface area contributed by atoms with Gasteiger partial charge >= 0.3 is 0 Å². The molecule has 2 heterocycles. The average molecular weight is 715 g/mol. The molecule has 2 amide bonds. The van der Waals surface area contributed by atoms with Crippen molar-refractivity contribution >= 4 is 68.7 Å². The van der Waals surface area contributed by atoms with Gasteiger partial charge < -0.3 is 9.80 Å². The molecule has 10 nitrogen and oxygen atoms in total. The Morgan fingerprint density at radius 1 is 0.444 bits per heavy atom.